The summed E-state index contributed by atoms with van der Waals surface area (Å²) in [5.74, 6) is -0.179. The second kappa shape index (κ2) is 8.46. The number of nitrogens with one attached hydrogen (secondary N) is 1. The van der Waals surface area contributed by atoms with Crippen LogP contribution in [0.3, 0.4) is 0 Å². The number of aryl methyl sites for hydroxylation is 1. The molecular weight excluding hydrogens is 474 g/mol. The number of hydrogen-bond acceptors (Lipinski definition) is 3. The number of fused-ring (bicyclic) bond motifs is 1. The van der Waals surface area contributed by atoms with Crippen molar-refractivity contribution in [2.24, 2.45) is 10.7 Å². The number of rotatable bonds is 4. The molecule has 3 rings (SSSR count). The van der Waals surface area contributed by atoms with Crippen molar-refractivity contribution < 1.29 is 17.9 Å². The molecule has 10 heteroatoms. The molecule has 2 heterocycles. The van der Waals surface area contributed by atoms with E-state index in [1.54, 1.807) is 0 Å². The third-order valence-electron chi connectivity index (χ3n) is 3.52. The number of halogens is 4. The van der Waals surface area contributed by atoms with E-state index in [2.05, 4.69) is 20.0 Å². The molecule has 0 atom stereocenters. The molecule has 0 fully saturated rings. The van der Waals surface area contributed by atoms with Gasteiger partial charge in [0.25, 0.3) is 0 Å². The molecule has 0 spiro atoms. The molecule has 0 bridgehead atoms. The Balaban J connectivity index is 0.00000261. The number of guanidine groups is 1. The lowest BCUT2D eigenvalue weighted by Gasteiger charge is -2.10. The van der Waals surface area contributed by atoms with Crippen LogP contribution in [0, 0.1) is 6.92 Å². The predicted molar refractivity (Wildman–Crippen MR) is 107 cm³/mol. The maximum absolute atomic E-state index is 12.1. The van der Waals surface area contributed by atoms with Crippen LogP contribution in [0.5, 0.6) is 5.75 Å². The number of ether oxygens (including phenoxy) is 1. The number of aliphatic imine (C=N–C) groups is 1. The largest absolute Gasteiger partial charge is 0.573 e. The average molecular weight is 491 g/mol. The van der Waals surface area contributed by atoms with Crippen molar-refractivity contribution in [3.05, 3.63) is 60.0 Å². The number of nitrogens with two attached hydrogens (primary N) is 1. The van der Waals surface area contributed by atoms with E-state index in [9.17, 15) is 13.2 Å². The Morgan fingerprint density at radius 3 is 2.56 bits per heavy atom. The van der Waals surface area contributed by atoms with Crippen LogP contribution in [0.15, 0.2) is 53.7 Å². The van der Waals surface area contributed by atoms with Gasteiger partial charge in [0.2, 0.25) is 0 Å². The van der Waals surface area contributed by atoms with Gasteiger partial charge in [0.05, 0.1) is 12.2 Å². The smallest absolute Gasteiger partial charge is 0.406 e. The van der Waals surface area contributed by atoms with E-state index in [1.807, 2.05) is 35.7 Å². The van der Waals surface area contributed by atoms with Crippen molar-refractivity contribution in [1.82, 2.24) is 9.38 Å². The van der Waals surface area contributed by atoms with Crippen LogP contribution in [0.4, 0.5) is 18.9 Å². The van der Waals surface area contributed by atoms with Crippen molar-refractivity contribution in [2.75, 3.05) is 5.32 Å². The minimum Gasteiger partial charge on any atom is -0.406 e. The monoisotopic (exact) mass is 491 g/mol. The van der Waals surface area contributed by atoms with Crippen molar-refractivity contribution in [3.63, 3.8) is 0 Å². The van der Waals surface area contributed by atoms with Crippen molar-refractivity contribution >= 4 is 41.3 Å². The summed E-state index contributed by atoms with van der Waals surface area (Å²) in [5.41, 5.74) is 8.93. The van der Waals surface area contributed by atoms with Crippen LogP contribution < -0.4 is 15.8 Å². The molecule has 0 unspecified atom stereocenters. The van der Waals surface area contributed by atoms with Gasteiger partial charge in [-0.3, -0.25) is 0 Å². The van der Waals surface area contributed by atoms with Crippen LogP contribution in [0.25, 0.3) is 5.65 Å². The Labute approximate surface area is 170 Å². The molecule has 0 aliphatic rings. The topological polar surface area (TPSA) is 76.9 Å². The summed E-state index contributed by atoms with van der Waals surface area (Å²) in [6.45, 7) is 2.25. The number of hydrogen-bond donors (Lipinski definition) is 2. The van der Waals surface area contributed by atoms with E-state index >= 15 is 0 Å². The first-order valence-corrected chi connectivity index (χ1v) is 7.66. The van der Waals surface area contributed by atoms with Gasteiger partial charge in [-0.25, -0.2) is 9.98 Å². The Morgan fingerprint density at radius 1 is 1.22 bits per heavy atom. The quantitative estimate of drug-likeness (QED) is 0.328. The van der Waals surface area contributed by atoms with E-state index in [4.69, 9.17) is 5.73 Å². The standard InChI is InChI=1S/C17H16F3N5O.HI/c1-11-3-2-4-15-23-13(10-25(11)15)9-22-16(21)24-12-5-7-14(8-6-12)26-17(18,19)20;/h2-8,10H,9H2,1H3,(H3,21,22,24);1H. The summed E-state index contributed by atoms with van der Waals surface area (Å²) < 4.78 is 42.2. The lowest BCUT2D eigenvalue weighted by Crippen LogP contribution is -2.22. The predicted octanol–water partition coefficient (Wildman–Crippen LogP) is 4.09. The summed E-state index contributed by atoms with van der Waals surface area (Å²) >= 11 is 0. The minimum absolute atomic E-state index is 0. The molecule has 1 aromatic carbocycles. The molecule has 0 radical (unpaired) electrons. The number of benzene rings is 1. The number of imidazole rings is 1. The molecule has 3 aromatic rings. The van der Waals surface area contributed by atoms with Crippen LogP contribution in [0.1, 0.15) is 11.4 Å². The number of aromatic nitrogens is 2. The normalized spacial score (nSPS) is 11.9. The number of pyridine rings is 1. The van der Waals surface area contributed by atoms with Gasteiger partial charge in [-0.2, -0.15) is 0 Å². The Hall–Kier alpha value is -2.50. The zero-order valence-corrected chi connectivity index (χ0v) is 16.5. The fourth-order valence-corrected chi connectivity index (χ4v) is 2.37. The highest BCUT2D eigenvalue weighted by Gasteiger charge is 2.30. The van der Waals surface area contributed by atoms with Crippen molar-refractivity contribution in [3.8, 4) is 5.75 Å². The van der Waals surface area contributed by atoms with Gasteiger partial charge in [0.1, 0.15) is 11.4 Å². The zero-order valence-electron chi connectivity index (χ0n) is 14.2. The molecule has 2 aromatic heterocycles. The Bertz CT molecular complexity index is 938. The fourth-order valence-electron chi connectivity index (χ4n) is 2.37. The molecule has 0 saturated carbocycles. The first kappa shape index (κ1) is 20.8. The third-order valence-corrected chi connectivity index (χ3v) is 3.52. The summed E-state index contributed by atoms with van der Waals surface area (Å²) in [7, 11) is 0. The van der Waals surface area contributed by atoms with Crippen molar-refractivity contribution in [1.29, 1.82) is 0 Å². The van der Waals surface area contributed by atoms with Gasteiger partial charge in [-0.15, -0.1) is 37.1 Å². The maximum Gasteiger partial charge on any atom is 0.573 e. The Morgan fingerprint density at radius 2 is 1.93 bits per heavy atom. The second-order valence-electron chi connectivity index (χ2n) is 5.53. The van der Waals surface area contributed by atoms with Gasteiger partial charge in [-0.05, 0) is 43.3 Å². The van der Waals surface area contributed by atoms with Crippen LogP contribution in [-0.2, 0) is 6.54 Å². The molecule has 0 aliphatic carbocycles. The average Bonchev–Trinajstić information content (AvgIpc) is 2.98. The van der Waals surface area contributed by atoms with E-state index < -0.39 is 6.36 Å². The second-order valence-corrected chi connectivity index (χ2v) is 5.53. The van der Waals surface area contributed by atoms with Gasteiger partial charge in [0, 0.05) is 17.6 Å². The van der Waals surface area contributed by atoms with E-state index in [0.717, 1.165) is 17.0 Å². The summed E-state index contributed by atoms with van der Waals surface area (Å²) in [6, 6.07) is 11.0. The van der Waals surface area contributed by atoms with Crippen LogP contribution in [0.2, 0.25) is 0 Å². The highest BCUT2D eigenvalue weighted by atomic mass is 127. The van der Waals surface area contributed by atoms with Crippen molar-refractivity contribution in [2.45, 2.75) is 19.8 Å². The zero-order chi connectivity index (χ0) is 18.7. The van der Waals surface area contributed by atoms with E-state index in [-0.39, 0.29) is 42.2 Å². The maximum atomic E-state index is 12.1. The molecule has 0 amide bonds. The van der Waals surface area contributed by atoms with Gasteiger partial charge in [-0.1, -0.05) is 6.07 Å². The first-order chi connectivity index (χ1) is 12.3. The lowest BCUT2D eigenvalue weighted by molar-refractivity contribution is -0.274. The van der Waals surface area contributed by atoms with E-state index in [0.29, 0.717) is 5.69 Å². The van der Waals surface area contributed by atoms with E-state index in [1.165, 1.54) is 24.3 Å². The number of anilines is 1. The Kier molecular flexibility index (Phi) is 6.52. The van der Waals surface area contributed by atoms with Gasteiger partial charge in [0.15, 0.2) is 5.96 Å². The van der Waals surface area contributed by atoms with Gasteiger partial charge < -0.3 is 20.2 Å². The van der Waals surface area contributed by atoms with Crippen LogP contribution >= 0.6 is 24.0 Å². The molecule has 27 heavy (non-hydrogen) atoms. The SMILES string of the molecule is Cc1cccc2nc(CN=C(N)Nc3ccc(OC(F)(F)F)cc3)cn12.I. The van der Waals surface area contributed by atoms with Gasteiger partial charge >= 0.3 is 6.36 Å². The molecule has 3 N–H and O–H groups in total. The third kappa shape index (κ3) is 5.74. The summed E-state index contributed by atoms with van der Waals surface area (Å²) in [6.07, 6.45) is -2.84. The lowest BCUT2D eigenvalue weighted by atomic mass is 10.3. The number of alkyl halides is 3. The van der Waals surface area contributed by atoms with Crippen LogP contribution in [-0.4, -0.2) is 21.7 Å². The molecule has 0 aliphatic heterocycles. The number of nitrogens with zero attached hydrogens (tertiary/aromatic N) is 3. The molecule has 0 saturated heterocycles. The first-order valence-electron chi connectivity index (χ1n) is 7.66. The summed E-state index contributed by atoms with van der Waals surface area (Å²) in [4.78, 5) is 8.64. The molecular formula is C17H17F3IN5O. The highest BCUT2D eigenvalue weighted by Crippen LogP contribution is 2.23. The summed E-state index contributed by atoms with van der Waals surface area (Å²) in [5, 5.41) is 2.80. The highest BCUT2D eigenvalue weighted by molar-refractivity contribution is 14.0. The minimum atomic E-state index is -4.72. The molecule has 144 valence electrons. The molecule has 6 nitrogen and oxygen atoms in total. The fraction of sp³-hybridized carbons (Fsp3) is 0.176.